The Labute approximate surface area is 527 Å². The second-order valence-electron chi connectivity index (χ2n) is 30.7. The van der Waals surface area contributed by atoms with Crippen LogP contribution in [0.5, 0.6) is 34.5 Å². The average Bonchev–Trinajstić information content (AvgIpc) is 1.42. The molecule has 9 aliphatic carbocycles. The van der Waals surface area contributed by atoms with E-state index in [9.17, 15) is 49.8 Å². The van der Waals surface area contributed by atoms with E-state index in [1.165, 1.54) is 49.7 Å². The van der Waals surface area contributed by atoms with E-state index in [1.807, 2.05) is 6.07 Å². The number of nitrogens with zero attached hydrogens (tertiary/aromatic N) is 4. The minimum absolute atomic E-state index is 0. The molecule has 8 heterocycles. The molecule has 16 aliphatic rings. The lowest BCUT2D eigenvalue weighted by Crippen LogP contribution is -2.76. The van der Waals surface area contributed by atoms with E-state index < -0.39 is 74.9 Å². The number of piperidine rings is 3. The molecule has 8 fully saturated rings. The quantitative estimate of drug-likeness (QED) is 0.0938. The summed E-state index contributed by atoms with van der Waals surface area (Å²) in [5.74, 6) is 3.34. The van der Waals surface area contributed by atoms with Crippen molar-refractivity contribution in [3.05, 3.63) is 92.3 Å². The second-order valence-corrected chi connectivity index (χ2v) is 30.7. The summed E-state index contributed by atoms with van der Waals surface area (Å²) < 4.78 is 24.8. The van der Waals surface area contributed by atoms with Gasteiger partial charge in [-0.15, -0.1) is 12.4 Å². The summed E-state index contributed by atoms with van der Waals surface area (Å²) in [6, 6.07) is 11.2. The van der Waals surface area contributed by atoms with E-state index in [0.29, 0.717) is 59.8 Å². The summed E-state index contributed by atoms with van der Waals surface area (Å²) in [5.41, 5.74) is 6.83. The molecule has 478 valence electrons. The first-order valence-electron chi connectivity index (χ1n) is 33.2. The third-order valence-electron chi connectivity index (χ3n) is 24.9. The molecule has 3 amide bonds. The van der Waals surface area contributed by atoms with Crippen molar-refractivity contribution in [1.29, 1.82) is 0 Å². The molecule has 12 atom stereocenters. The van der Waals surface area contributed by atoms with Crippen LogP contribution in [0.4, 0.5) is 4.79 Å². The predicted octanol–water partition coefficient (Wildman–Crippen LogP) is 6.35. The number of halogens is 1. The maximum atomic E-state index is 13.5. The minimum Gasteiger partial charge on any atom is -0.504 e. The number of phenols is 3. The van der Waals surface area contributed by atoms with E-state index in [2.05, 4.69) is 37.2 Å². The Morgan fingerprint density at radius 2 is 0.944 bits per heavy atom. The number of hydrogen-bond acceptors (Lipinski definition) is 17. The fourth-order valence-corrected chi connectivity index (χ4v) is 20.7. The van der Waals surface area contributed by atoms with Gasteiger partial charge in [-0.25, -0.2) is 10.2 Å². The number of aliphatic hydroxyl groups is 3. The van der Waals surface area contributed by atoms with Gasteiger partial charge in [-0.3, -0.25) is 29.1 Å². The number of imide groups is 1. The molecule has 21 heteroatoms. The zero-order valence-electron chi connectivity index (χ0n) is 51.3. The first-order valence-corrected chi connectivity index (χ1v) is 33.2. The van der Waals surface area contributed by atoms with Gasteiger partial charge in [0.25, 0.3) is 0 Å². The first-order chi connectivity index (χ1) is 42.6. The largest absolute Gasteiger partial charge is 0.504 e. The van der Waals surface area contributed by atoms with E-state index in [4.69, 9.17) is 18.9 Å². The molecule has 0 unspecified atom stereocenters. The third-order valence-corrected chi connectivity index (χ3v) is 24.9. The lowest BCUT2D eigenvalue weighted by Gasteiger charge is -2.63. The van der Waals surface area contributed by atoms with Gasteiger partial charge in [-0.2, -0.15) is 5.01 Å². The molecule has 3 aromatic carbocycles. The van der Waals surface area contributed by atoms with Crippen LogP contribution in [0.1, 0.15) is 172 Å². The Balaban J connectivity index is 0.000000127. The lowest BCUT2D eigenvalue weighted by atomic mass is 9.47. The summed E-state index contributed by atoms with van der Waals surface area (Å²) in [7, 11) is 0. The number of phenolic OH excluding ortho intramolecular Hbond substituents is 3. The SMILES string of the molecule is CC(C)(C)OC(=O)NN1C(=O)CCC1=O.Cl.O=C1CC[C@@]2(O)[C@H]3Cc4ccc(O)c5c4[C@@]2(CCN3CC2CC2)[C@H]1O5.Oc1ccc2c3c1O[C@H]1c4[nH]c5c(c4C[C@@]4(O)[C@@H](C2)N(CC2CC2)CC[C@]314)C[C@@]1(O)[C@H]2Cc3ccc(O)c4c3[C@@]1(CCN2CC1CC1)[C@H]5O4. The summed E-state index contributed by atoms with van der Waals surface area (Å²) in [4.78, 5) is 57.7. The van der Waals surface area contributed by atoms with Crippen molar-refractivity contribution >= 4 is 36.1 Å². The number of Topliss-reactive ketones (excluding diaryl/α,β-unsaturated/α-hetero) is 1. The molecule has 20 nitrogen and oxygen atoms in total. The van der Waals surface area contributed by atoms with Gasteiger partial charge in [0.05, 0.1) is 44.4 Å². The molecule has 4 aromatic rings. The minimum atomic E-state index is -1.09. The van der Waals surface area contributed by atoms with E-state index in [0.717, 1.165) is 128 Å². The topological polar surface area (TPSA) is 267 Å². The Bertz CT molecular complexity index is 3660. The highest BCUT2D eigenvalue weighted by molar-refractivity contribution is 6.02. The Morgan fingerprint density at radius 3 is 1.33 bits per heavy atom. The van der Waals surface area contributed by atoms with E-state index >= 15 is 0 Å². The fourth-order valence-electron chi connectivity index (χ4n) is 20.7. The fraction of sp³-hybridized carbons (Fsp3) is 0.623. The normalized spacial score (nSPS) is 36.8. The van der Waals surface area contributed by atoms with Gasteiger partial charge in [0.1, 0.15) is 5.60 Å². The summed E-state index contributed by atoms with van der Waals surface area (Å²) in [6.45, 7) is 10.9. The lowest BCUT2D eigenvalue weighted by molar-refractivity contribution is -0.188. The number of ether oxygens (including phenoxy) is 4. The molecule has 1 aromatic heterocycles. The van der Waals surface area contributed by atoms with Crippen molar-refractivity contribution in [2.24, 2.45) is 17.8 Å². The maximum Gasteiger partial charge on any atom is 0.427 e. The van der Waals surface area contributed by atoms with Crippen molar-refractivity contribution in [2.75, 3.05) is 39.3 Å². The Hall–Kier alpha value is -6.13. The van der Waals surface area contributed by atoms with Crippen LogP contribution >= 0.6 is 12.4 Å². The maximum absolute atomic E-state index is 13.5. The number of aromatic hydroxyl groups is 3. The number of hydrogen-bond donors (Lipinski definition) is 8. The van der Waals surface area contributed by atoms with Crippen LogP contribution in [0.25, 0.3) is 0 Å². The number of fused-ring (bicyclic) bond motifs is 5. The molecule has 7 aliphatic heterocycles. The summed E-state index contributed by atoms with van der Waals surface area (Å²) in [5, 5.41) is 72.4. The number of hydrazine groups is 1. The number of carbonyl (C=O) groups is 4. The number of carbonyl (C=O) groups excluding carboxylic acids is 4. The highest BCUT2D eigenvalue weighted by Gasteiger charge is 2.78. The van der Waals surface area contributed by atoms with Gasteiger partial charge in [0.15, 0.2) is 58.6 Å². The first kappa shape index (κ1) is 57.7. The third kappa shape index (κ3) is 7.52. The second kappa shape index (κ2) is 19.0. The predicted molar refractivity (Wildman–Crippen MR) is 325 cm³/mol. The van der Waals surface area contributed by atoms with Crippen LogP contribution in [-0.4, -0.2) is 165 Å². The highest BCUT2D eigenvalue weighted by Crippen LogP contribution is 2.73. The number of benzene rings is 3. The smallest absolute Gasteiger partial charge is 0.427 e. The molecule has 90 heavy (non-hydrogen) atoms. The molecular weight excluding hydrogens is 1170 g/mol. The van der Waals surface area contributed by atoms with Crippen LogP contribution in [0, 0.1) is 17.8 Å². The number of ketones is 1. The van der Waals surface area contributed by atoms with Gasteiger partial charge in [-0.05, 0) is 188 Å². The van der Waals surface area contributed by atoms with Gasteiger partial charge in [-0.1, -0.05) is 18.2 Å². The van der Waals surface area contributed by atoms with Crippen LogP contribution in [-0.2, 0) is 67.5 Å². The van der Waals surface area contributed by atoms with Crippen molar-refractivity contribution < 1.29 is 68.8 Å². The zero-order chi connectivity index (χ0) is 61.0. The Kier molecular flexibility index (Phi) is 12.2. The average molecular weight is 1250 g/mol. The van der Waals surface area contributed by atoms with Crippen molar-refractivity contribution in [3.8, 4) is 34.5 Å². The highest BCUT2D eigenvalue weighted by atomic mass is 35.5. The molecule has 20 rings (SSSR count). The van der Waals surface area contributed by atoms with Crippen LogP contribution in [0.2, 0.25) is 0 Å². The van der Waals surface area contributed by atoms with Crippen LogP contribution in [0.3, 0.4) is 0 Å². The molecule has 4 saturated carbocycles. The molecule has 0 radical (unpaired) electrons. The number of H-pyrrole nitrogens is 1. The number of aromatic amines is 1. The zero-order valence-corrected chi connectivity index (χ0v) is 52.1. The molecule has 6 bridgehead atoms. The molecule has 3 spiro atoms. The molecule has 4 saturated heterocycles. The van der Waals surface area contributed by atoms with Gasteiger partial charge < -0.3 is 54.6 Å². The van der Waals surface area contributed by atoms with Crippen LogP contribution in [0.15, 0.2) is 36.4 Å². The number of nitrogens with one attached hydrogen (secondary N) is 2. The number of likely N-dealkylation sites (tertiary alicyclic amines) is 3. The van der Waals surface area contributed by atoms with Gasteiger partial charge in [0, 0.05) is 86.6 Å². The van der Waals surface area contributed by atoms with Crippen LogP contribution < -0.4 is 19.6 Å². The standard InChI is InChI=1S/C40H43N3O6.C20H23NO4.C9H14N2O4.ClH/c44-25-7-5-21-13-27-39(46)15-23-24-16-40(47)28-14-22-6-8-26(45)34-30(22)38(40,10-12-43(28)18-20-3-4-20)36(49-34)32(24)41-31(23)35-37(39,29(21)33(25)48-35)9-11-42(27)17-19-1-2-19;22-13-4-3-12-9-15-20(24)6-5-14(23)18-19(20,16(12)17(13)25-18)7-8-21(15)10-11-1-2-11;1-9(2,3)15-8(14)10-11-6(12)4-5-7(11)13;/h5-8,19-20,27-28,35-36,41,44-47H,1-4,9-18H2;3-4,11,15,18,22,24H,1-2,5-10H2;4-5H2,1-3H3,(H,10,14);1H/t27-,28-,35+,36+,37+,38+,39-,40-;15-,18+,19+,20-;;/m11../s1. The number of amides is 3. The van der Waals surface area contributed by atoms with Crippen molar-refractivity contribution in [3.63, 3.8) is 0 Å². The Morgan fingerprint density at radius 1 is 0.567 bits per heavy atom. The number of rotatable bonds is 7. The van der Waals surface area contributed by atoms with Gasteiger partial charge in [0.2, 0.25) is 11.8 Å². The van der Waals surface area contributed by atoms with Crippen molar-refractivity contribution in [1.82, 2.24) is 30.1 Å². The monoisotopic (exact) mass is 1250 g/mol. The number of aromatic nitrogens is 1. The van der Waals surface area contributed by atoms with E-state index in [-0.39, 0.29) is 66.4 Å². The van der Waals surface area contributed by atoms with Gasteiger partial charge >= 0.3 is 6.09 Å². The van der Waals surface area contributed by atoms with E-state index in [1.54, 1.807) is 39.0 Å². The molecular formula is C69H81ClN6O14. The summed E-state index contributed by atoms with van der Waals surface area (Å²) in [6.07, 6.45) is 11.9. The summed E-state index contributed by atoms with van der Waals surface area (Å²) >= 11 is 0. The van der Waals surface area contributed by atoms with Crippen molar-refractivity contribution in [2.45, 2.75) is 211 Å². The molecule has 8 N–H and O–H groups in total.